The van der Waals surface area contributed by atoms with Gasteiger partial charge in [-0.1, -0.05) is 39.8 Å². The molecule has 0 saturated carbocycles. The smallest absolute Gasteiger partial charge is 0.433 e. The van der Waals surface area contributed by atoms with E-state index in [0.29, 0.717) is 50.7 Å². The summed E-state index contributed by atoms with van der Waals surface area (Å²) in [6.45, 7) is 8.28. The number of aliphatic hydroxyl groups excluding tert-OH is 1. The molecule has 2 amide bonds. The highest BCUT2D eigenvalue weighted by Gasteiger charge is 2.46. The molecule has 1 aromatic heterocycles. The van der Waals surface area contributed by atoms with Gasteiger partial charge in [0.25, 0.3) is 11.8 Å². The number of carbonyl (C=O) groups is 2. The van der Waals surface area contributed by atoms with E-state index in [2.05, 4.69) is 15.6 Å². The number of hydrogen-bond acceptors (Lipinski definition) is 8. The number of benzene rings is 2. The Morgan fingerprint density at radius 3 is 2.22 bits per heavy atom. The SMILES string of the molecule is CCCOCCNCCOc1ccc(CN2C(=O)C(C(=O)Nc3ccc(C(F)(F)F)cc3-c3ccc(C(F)(F)F)nc3)=C(O)C(C(C)(C)C)N2C)c(F)c1F. The number of likely N-dealkylation sites (N-methyl/N-ethyl adjacent to an activating group) is 1. The number of ether oxygens (including phenoxy) is 2. The standard InChI is InChI=1S/C37H41F8N5O5/c1-6-15-54-16-13-46-14-17-55-26-11-7-22(29(38)30(26)39)20-50-34(53)28(31(51)32(49(50)5)35(2,3)4)33(52)48-25-10-9-23(36(40,41)42)18-24(25)21-8-12-27(47-19-21)37(43,44)45/h7-12,18-19,32,46,51H,6,13-17,20H2,1-5H3,(H,48,52). The quantitative estimate of drug-likeness (QED) is 0.0874. The topological polar surface area (TPSA) is 116 Å². The Labute approximate surface area is 312 Å². The second-order valence-electron chi connectivity index (χ2n) is 13.7. The van der Waals surface area contributed by atoms with Crippen LogP contribution in [0.1, 0.15) is 50.9 Å². The van der Waals surface area contributed by atoms with Gasteiger partial charge in [0.2, 0.25) is 5.82 Å². The number of nitrogens with zero attached hydrogens (tertiary/aromatic N) is 3. The molecule has 0 bridgehead atoms. The first-order chi connectivity index (χ1) is 25.7. The van der Waals surface area contributed by atoms with E-state index >= 15 is 8.78 Å². The number of rotatable bonds is 14. The molecule has 1 aliphatic heterocycles. The number of nitrogens with one attached hydrogen (secondary N) is 2. The first-order valence-electron chi connectivity index (χ1n) is 17.1. The summed E-state index contributed by atoms with van der Waals surface area (Å²) < 4.78 is 122. The van der Waals surface area contributed by atoms with Gasteiger partial charge in [-0.15, -0.1) is 0 Å². The predicted molar refractivity (Wildman–Crippen MR) is 185 cm³/mol. The fourth-order valence-corrected chi connectivity index (χ4v) is 5.89. The van der Waals surface area contributed by atoms with E-state index in [9.17, 15) is 41.0 Å². The van der Waals surface area contributed by atoms with Crippen molar-refractivity contribution < 1.29 is 59.3 Å². The molecule has 3 N–H and O–H groups in total. The van der Waals surface area contributed by atoms with Crippen molar-refractivity contribution in [2.75, 3.05) is 45.3 Å². The second kappa shape index (κ2) is 17.3. The van der Waals surface area contributed by atoms with E-state index in [-0.39, 0.29) is 29.2 Å². The predicted octanol–water partition coefficient (Wildman–Crippen LogP) is 7.51. The third-order valence-corrected chi connectivity index (χ3v) is 8.48. The van der Waals surface area contributed by atoms with Gasteiger partial charge in [-0.3, -0.25) is 19.6 Å². The largest absolute Gasteiger partial charge is 0.509 e. The van der Waals surface area contributed by atoms with Crippen molar-refractivity contribution in [3.63, 3.8) is 0 Å². The average Bonchev–Trinajstić information content (AvgIpc) is 3.09. The molecule has 300 valence electrons. The molecule has 10 nitrogen and oxygen atoms in total. The lowest BCUT2D eigenvalue weighted by Crippen LogP contribution is -2.59. The van der Waals surface area contributed by atoms with Crippen LogP contribution in [-0.4, -0.2) is 77.9 Å². The van der Waals surface area contributed by atoms with Crippen molar-refractivity contribution in [1.82, 2.24) is 20.3 Å². The van der Waals surface area contributed by atoms with Gasteiger partial charge in [0, 0.05) is 55.3 Å². The van der Waals surface area contributed by atoms with Crippen molar-refractivity contribution in [2.45, 2.75) is 59.1 Å². The molecule has 18 heteroatoms. The van der Waals surface area contributed by atoms with Crippen LogP contribution < -0.4 is 15.4 Å². The first kappa shape index (κ1) is 42.9. The molecular weight excluding hydrogens is 746 g/mol. The fraction of sp³-hybridized carbons (Fsp3) is 0.432. The van der Waals surface area contributed by atoms with E-state index in [1.54, 1.807) is 20.8 Å². The Hall–Kier alpha value is -4.81. The molecule has 3 aromatic rings. The summed E-state index contributed by atoms with van der Waals surface area (Å²) in [6.07, 6.45) is -8.18. The number of aliphatic hydroxyl groups is 1. The van der Waals surface area contributed by atoms with Crippen LogP contribution in [0, 0.1) is 17.0 Å². The number of alkyl halides is 6. The Bertz CT molecular complexity index is 1880. The summed E-state index contributed by atoms with van der Waals surface area (Å²) in [5.41, 5.74) is -5.61. The highest BCUT2D eigenvalue weighted by molar-refractivity contribution is 6.24. The van der Waals surface area contributed by atoms with Crippen LogP contribution in [0.4, 0.5) is 40.8 Å². The second-order valence-corrected chi connectivity index (χ2v) is 13.7. The maximum Gasteiger partial charge on any atom is 0.433 e. The normalized spacial score (nSPS) is 15.8. The van der Waals surface area contributed by atoms with Gasteiger partial charge in [-0.25, -0.2) is 9.40 Å². The molecule has 0 saturated heterocycles. The number of carbonyl (C=O) groups excluding carboxylic acids is 2. The number of halogens is 8. The van der Waals surface area contributed by atoms with Crippen molar-refractivity contribution in [1.29, 1.82) is 0 Å². The molecule has 1 unspecified atom stereocenters. The van der Waals surface area contributed by atoms with Gasteiger partial charge in [-0.2, -0.15) is 30.7 Å². The lowest BCUT2D eigenvalue weighted by Gasteiger charge is -2.46. The summed E-state index contributed by atoms with van der Waals surface area (Å²) >= 11 is 0. The molecule has 4 rings (SSSR count). The summed E-state index contributed by atoms with van der Waals surface area (Å²) in [5.74, 6) is -6.24. The van der Waals surface area contributed by atoms with Gasteiger partial charge >= 0.3 is 12.4 Å². The average molecular weight is 788 g/mol. The maximum atomic E-state index is 15.5. The zero-order chi connectivity index (χ0) is 40.9. The van der Waals surface area contributed by atoms with Crippen LogP contribution in [0.3, 0.4) is 0 Å². The number of pyridine rings is 1. The molecule has 0 spiro atoms. The minimum absolute atomic E-state index is 0.00264. The van der Waals surface area contributed by atoms with Gasteiger partial charge < -0.3 is 25.2 Å². The third kappa shape index (κ3) is 10.3. The van der Waals surface area contributed by atoms with Crippen molar-refractivity contribution >= 4 is 17.5 Å². The Kier molecular flexibility index (Phi) is 13.5. The van der Waals surface area contributed by atoms with Crippen molar-refractivity contribution in [2.24, 2.45) is 5.41 Å². The van der Waals surface area contributed by atoms with E-state index < -0.39 is 82.0 Å². The van der Waals surface area contributed by atoms with Crippen LogP contribution >= 0.6 is 0 Å². The Balaban J connectivity index is 1.63. The summed E-state index contributed by atoms with van der Waals surface area (Å²) in [7, 11) is 1.39. The van der Waals surface area contributed by atoms with Crippen LogP contribution in [-0.2, 0) is 33.2 Å². The molecule has 2 aromatic carbocycles. The molecule has 2 heterocycles. The first-order valence-corrected chi connectivity index (χ1v) is 17.1. The molecule has 1 aliphatic rings. The number of hydrazine groups is 1. The molecule has 1 atom stereocenters. The maximum absolute atomic E-state index is 15.5. The zero-order valence-corrected chi connectivity index (χ0v) is 30.6. The third-order valence-electron chi connectivity index (χ3n) is 8.48. The molecule has 55 heavy (non-hydrogen) atoms. The van der Waals surface area contributed by atoms with E-state index in [4.69, 9.17) is 9.47 Å². The van der Waals surface area contributed by atoms with Gasteiger partial charge in [-0.05, 0) is 42.2 Å². The van der Waals surface area contributed by atoms with Crippen LogP contribution in [0.2, 0.25) is 0 Å². The van der Waals surface area contributed by atoms with Crippen LogP contribution in [0.25, 0.3) is 11.1 Å². The lowest BCUT2D eigenvalue weighted by molar-refractivity contribution is -0.158. The van der Waals surface area contributed by atoms with E-state index in [0.717, 1.165) is 23.6 Å². The number of anilines is 1. The molecule has 0 aliphatic carbocycles. The van der Waals surface area contributed by atoms with Gasteiger partial charge in [0.05, 0.1) is 24.8 Å². The highest BCUT2D eigenvalue weighted by Crippen LogP contribution is 2.39. The summed E-state index contributed by atoms with van der Waals surface area (Å²) in [4.78, 5) is 31.1. The fourth-order valence-electron chi connectivity index (χ4n) is 5.89. The minimum atomic E-state index is -4.89. The van der Waals surface area contributed by atoms with Crippen LogP contribution in [0.15, 0.2) is 60.0 Å². The van der Waals surface area contributed by atoms with Crippen molar-refractivity contribution in [3.8, 4) is 16.9 Å². The van der Waals surface area contributed by atoms with E-state index in [1.165, 1.54) is 24.2 Å². The highest BCUT2D eigenvalue weighted by atomic mass is 19.4. The molecule has 0 fully saturated rings. The Morgan fingerprint density at radius 2 is 1.62 bits per heavy atom. The van der Waals surface area contributed by atoms with Crippen LogP contribution in [0.5, 0.6) is 5.75 Å². The van der Waals surface area contributed by atoms with Crippen molar-refractivity contribution in [3.05, 3.63) is 88.4 Å². The monoisotopic (exact) mass is 787 g/mol. The number of aromatic nitrogens is 1. The molecular formula is C37H41F8N5O5. The number of amides is 2. The minimum Gasteiger partial charge on any atom is -0.509 e. The zero-order valence-electron chi connectivity index (χ0n) is 30.6. The van der Waals surface area contributed by atoms with Gasteiger partial charge in [0.15, 0.2) is 11.6 Å². The van der Waals surface area contributed by atoms with Gasteiger partial charge in [0.1, 0.15) is 23.6 Å². The van der Waals surface area contributed by atoms with E-state index in [1.807, 2.05) is 6.92 Å². The summed E-state index contributed by atoms with van der Waals surface area (Å²) in [5, 5.41) is 18.9. The molecule has 0 radical (unpaired) electrons. The Morgan fingerprint density at radius 1 is 0.927 bits per heavy atom. The lowest BCUT2D eigenvalue weighted by atomic mass is 9.82. The summed E-state index contributed by atoms with van der Waals surface area (Å²) in [6, 6.07) is 4.69. The number of hydrogen-bond donors (Lipinski definition) is 3.